The van der Waals surface area contributed by atoms with E-state index in [1.54, 1.807) is 6.07 Å². The smallest absolute Gasteiger partial charge is 0.223 e. The predicted molar refractivity (Wildman–Crippen MR) is 70.7 cm³/mol. The molecule has 0 amide bonds. The number of nitrogens with two attached hydrogens (primary N) is 1. The largest absolute Gasteiger partial charge is 0.368 e. The molecule has 0 fully saturated rings. The van der Waals surface area contributed by atoms with Crippen LogP contribution in [-0.4, -0.2) is 17.0 Å². The van der Waals surface area contributed by atoms with E-state index in [4.69, 9.17) is 17.3 Å². The Morgan fingerprint density at radius 1 is 1.24 bits per heavy atom. The van der Waals surface area contributed by atoms with Gasteiger partial charge in [0.1, 0.15) is 11.0 Å². The molecule has 0 spiro atoms. The van der Waals surface area contributed by atoms with Gasteiger partial charge in [-0.2, -0.15) is 4.98 Å². The minimum atomic E-state index is 0.174. The lowest BCUT2D eigenvalue weighted by atomic mass is 10.2. The number of hydrogen-bond acceptors (Lipinski definition) is 4. The van der Waals surface area contributed by atoms with Crippen molar-refractivity contribution in [2.24, 2.45) is 0 Å². The topological polar surface area (TPSA) is 55.0 Å². The molecular weight excluding hydrogens is 236 g/mol. The number of aryl methyl sites for hydroxylation is 1. The highest BCUT2D eigenvalue weighted by Crippen LogP contribution is 2.26. The summed E-state index contributed by atoms with van der Waals surface area (Å²) < 4.78 is 0. The molecule has 2 N–H and O–H groups in total. The van der Waals surface area contributed by atoms with Gasteiger partial charge in [0.2, 0.25) is 5.95 Å². The molecule has 0 bridgehead atoms. The molecule has 17 heavy (non-hydrogen) atoms. The van der Waals surface area contributed by atoms with Crippen molar-refractivity contribution in [3.63, 3.8) is 0 Å². The summed E-state index contributed by atoms with van der Waals surface area (Å²) in [6.45, 7) is 2.04. The second-order valence-corrected chi connectivity index (χ2v) is 4.14. The zero-order valence-electron chi connectivity index (χ0n) is 9.68. The minimum absolute atomic E-state index is 0.174. The van der Waals surface area contributed by atoms with Crippen LogP contribution in [0.4, 0.5) is 17.5 Å². The summed E-state index contributed by atoms with van der Waals surface area (Å²) in [6.07, 6.45) is 0. The molecule has 1 aromatic heterocycles. The summed E-state index contributed by atoms with van der Waals surface area (Å²) in [6, 6.07) is 9.71. The summed E-state index contributed by atoms with van der Waals surface area (Å²) >= 11 is 5.86. The van der Waals surface area contributed by atoms with Crippen molar-refractivity contribution < 1.29 is 0 Å². The summed E-state index contributed by atoms with van der Waals surface area (Å²) in [5.74, 6) is 0.852. The molecule has 5 heteroatoms. The maximum atomic E-state index is 5.86. The third-order valence-electron chi connectivity index (χ3n) is 2.52. The Morgan fingerprint density at radius 3 is 2.59 bits per heavy atom. The third-order valence-corrected chi connectivity index (χ3v) is 2.71. The van der Waals surface area contributed by atoms with E-state index in [-0.39, 0.29) is 5.95 Å². The lowest BCUT2D eigenvalue weighted by molar-refractivity contribution is 1.08. The maximum Gasteiger partial charge on any atom is 0.223 e. The lowest BCUT2D eigenvalue weighted by Gasteiger charge is -2.20. The molecular formula is C12H13ClN4. The van der Waals surface area contributed by atoms with Crippen molar-refractivity contribution >= 4 is 29.1 Å². The van der Waals surface area contributed by atoms with Crippen molar-refractivity contribution in [3.8, 4) is 0 Å². The highest BCUT2D eigenvalue weighted by molar-refractivity contribution is 6.29. The predicted octanol–water partition coefficient (Wildman–Crippen LogP) is 2.79. The summed E-state index contributed by atoms with van der Waals surface area (Å²) in [5.41, 5.74) is 7.79. The molecule has 0 aliphatic carbocycles. The molecule has 0 radical (unpaired) electrons. The molecule has 1 heterocycles. The number of anilines is 3. The number of nitrogens with zero attached hydrogens (tertiary/aromatic N) is 3. The average molecular weight is 249 g/mol. The van der Waals surface area contributed by atoms with Gasteiger partial charge in [0.25, 0.3) is 0 Å². The molecule has 0 atom stereocenters. The Bertz CT molecular complexity index is 522. The van der Waals surface area contributed by atoms with Gasteiger partial charge in [-0.15, -0.1) is 0 Å². The Morgan fingerprint density at radius 2 is 1.94 bits per heavy atom. The third kappa shape index (κ3) is 2.47. The Kier molecular flexibility index (Phi) is 3.15. The summed E-state index contributed by atoms with van der Waals surface area (Å²) in [7, 11) is 1.92. The zero-order valence-corrected chi connectivity index (χ0v) is 10.4. The van der Waals surface area contributed by atoms with Crippen molar-refractivity contribution in [2.45, 2.75) is 6.92 Å². The van der Waals surface area contributed by atoms with E-state index in [0.717, 1.165) is 11.3 Å². The van der Waals surface area contributed by atoms with Crippen LogP contribution >= 0.6 is 11.6 Å². The molecule has 4 nitrogen and oxygen atoms in total. The zero-order chi connectivity index (χ0) is 12.4. The number of benzene rings is 1. The molecule has 2 rings (SSSR count). The lowest BCUT2D eigenvalue weighted by Crippen LogP contribution is -2.13. The standard InChI is InChI=1S/C12H13ClN4/c1-8-5-3-4-6-9(8)17(2)11-7-10(13)15-12(14)16-11/h3-7H,1-2H3,(H2,14,15,16). The highest BCUT2D eigenvalue weighted by Gasteiger charge is 2.09. The van der Waals surface area contributed by atoms with Gasteiger partial charge in [0.15, 0.2) is 0 Å². The molecule has 2 aromatic rings. The van der Waals surface area contributed by atoms with Crippen molar-refractivity contribution in [3.05, 3.63) is 41.0 Å². The summed E-state index contributed by atoms with van der Waals surface area (Å²) in [5, 5.41) is 0.341. The van der Waals surface area contributed by atoms with Crippen molar-refractivity contribution in [2.75, 3.05) is 17.7 Å². The fraction of sp³-hybridized carbons (Fsp3) is 0.167. The van der Waals surface area contributed by atoms with Gasteiger partial charge < -0.3 is 10.6 Å². The van der Waals surface area contributed by atoms with E-state index >= 15 is 0 Å². The normalized spacial score (nSPS) is 10.3. The van der Waals surface area contributed by atoms with Crippen LogP contribution in [0.2, 0.25) is 5.15 Å². The number of aromatic nitrogens is 2. The quantitative estimate of drug-likeness (QED) is 0.831. The fourth-order valence-corrected chi connectivity index (χ4v) is 1.84. The van der Waals surface area contributed by atoms with E-state index in [1.807, 2.05) is 43.1 Å². The van der Waals surface area contributed by atoms with Crippen LogP contribution in [-0.2, 0) is 0 Å². The SMILES string of the molecule is Cc1ccccc1N(C)c1cc(Cl)nc(N)n1. The first-order valence-corrected chi connectivity index (χ1v) is 5.55. The van der Waals surface area contributed by atoms with Crippen LogP contribution in [0.3, 0.4) is 0 Å². The minimum Gasteiger partial charge on any atom is -0.368 e. The van der Waals surface area contributed by atoms with E-state index < -0.39 is 0 Å². The highest BCUT2D eigenvalue weighted by atomic mass is 35.5. The van der Waals surface area contributed by atoms with E-state index in [2.05, 4.69) is 9.97 Å². The summed E-state index contributed by atoms with van der Waals surface area (Å²) in [4.78, 5) is 9.93. The number of para-hydroxylation sites is 1. The van der Waals surface area contributed by atoms with Gasteiger partial charge in [0, 0.05) is 18.8 Å². The molecule has 1 aromatic carbocycles. The van der Waals surface area contributed by atoms with Gasteiger partial charge in [-0.05, 0) is 18.6 Å². The van der Waals surface area contributed by atoms with Gasteiger partial charge in [0.05, 0.1) is 0 Å². The van der Waals surface area contributed by atoms with E-state index in [1.165, 1.54) is 0 Å². The van der Waals surface area contributed by atoms with E-state index in [9.17, 15) is 0 Å². The fourth-order valence-electron chi connectivity index (χ4n) is 1.66. The van der Waals surface area contributed by atoms with Crippen LogP contribution < -0.4 is 10.6 Å². The molecule has 0 saturated carbocycles. The van der Waals surface area contributed by atoms with Crippen LogP contribution in [0, 0.1) is 6.92 Å². The van der Waals surface area contributed by atoms with Gasteiger partial charge >= 0.3 is 0 Å². The first-order chi connectivity index (χ1) is 8.08. The Labute approximate surface area is 105 Å². The number of halogens is 1. The van der Waals surface area contributed by atoms with Crippen molar-refractivity contribution in [1.29, 1.82) is 0 Å². The van der Waals surface area contributed by atoms with Crippen LogP contribution in [0.25, 0.3) is 0 Å². The molecule has 0 aliphatic heterocycles. The molecule has 0 saturated heterocycles. The first-order valence-electron chi connectivity index (χ1n) is 5.17. The van der Waals surface area contributed by atoms with Gasteiger partial charge in [-0.25, -0.2) is 4.98 Å². The number of rotatable bonds is 2. The number of hydrogen-bond donors (Lipinski definition) is 1. The average Bonchev–Trinajstić information content (AvgIpc) is 2.27. The van der Waals surface area contributed by atoms with Gasteiger partial charge in [-0.1, -0.05) is 29.8 Å². The van der Waals surface area contributed by atoms with Gasteiger partial charge in [-0.3, -0.25) is 0 Å². The maximum absolute atomic E-state index is 5.86. The van der Waals surface area contributed by atoms with Crippen LogP contribution in [0.1, 0.15) is 5.56 Å². The van der Waals surface area contributed by atoms with E-state index in [0.29, 0.717) is 11.0 Å². The molecule has 0 unspecified atom stereocenters. The van der Waals surface area contributed by atoms with Crippen molar-refractivity contribution in [1.82, 2.24) is 9.97 Å². The number of nitrogen functional groups attached to an aromatic ring is 1. The Hall–Kier alpha value is -1.81. The first kappa shape index (κ1) is 11.7. The Balaban J connectivity index is 2.43. The van der Waals surface area contributed by atoms with Crippen LogP contribution in [0.5, 0.6) is 0 Å². The second-order valence-electron chi connectivity index (χ2n) is 3.75. The van der Waals surface area contributed by atoms with Crippen LogP contribution in [0.15, 0.2) is 30.3 Å². The molecule has 0 aliphatic rings. The monoisotopic (exact) mass is 248 g/mol. The second kappa shape index (κ2) is 4.59. The molecule has 88 valence electrons.